The third-order valence-corrected chi connectivity index (χ3v) is 5.93. The highest BCUT2D eigenvalue weighted by Crippen LogP contribution is 2.52. The van der Waals surface area contributed by atoms with E-state index in [1.165, 1.54) is 43.4 Å². The van der Waals surface area contributed by atoms with Gasteiger partial charge in [-0.25, -0.2) is 0 Å². The highest BCUT2D eigenvalue weighted by Gasteiger charge is 2.46. The molecule has 1 aromatic heterocycles. The predicted octanol–water partition coefficient (Wildman–Crippen LogP) is 3.83. The van der Waals surface area contributed by atoms with Crippen molar-refractivity contribution in [2.45, 2.75) is 69.3 Å². The van der Waals surface area contributed by atoms with Crippen LogP contribution >= 0.6 is 0 Å². The molecule has 0 radical (unpaired) electrons. The number of hydrogen-bond acceptors (Lipinski definition) is 2. The number of aliphatic hydroxyl groups is 1. The zero-order valence-electron chi connectivity index (χ0n) is 12.2. The van der Waals surface area contributed by atoms with Gasteiger partial charge in [-0.1, -0.05) is 12.5 Å². The lowest BCUT2D eigenvalue weighted by molar-refractivity contribution is -0.0482. The van der Waals surface area contributed by atoms with Crippen molar-refractivity contribution in [3.63, 3.8) is 0 Å². The molecule has 1 aromatic rings. The molecule has 1 N–H and O–H groups in total. The fourth-order valence-electron chi connectivity index (χ4n) is 4.75. The average Bonchev–Trinajstić information content (AvgIpc) is 3.31. The standard InChI is InChI=1S/C18H25NO/c20-18(10-2-5-15(12-18)13-8-9-13)16-7-1-4-14-6-3-11-19-17(14)16/h3,6,11,13,15-16,20H,1-2,4-5,7-10,12H2. The van der Waals surface area contributed by atoms with Gasteiger partial charge in [-0.2, -0.15) is 0 Å². The van der Waals surface area contributed by atoms with Crippen LogP contribution in [0.2, 0.25) is 0 Å². The molecule has 108 valence electrons. The van der Waals surface area contributed by atoms with Crippen LogP contribution in [0.4, 0.5) is 0 Å². The van der Waals surface area contributed by atoms with Crippen LogP contribution in [0.1, 0.15) is 68.5 Å². The van der Waals surface area contributed by atoms with Gasteiger partial charge in [0.25, 0.3) is 0 Å². The fraction of sp³-hybridized carbons (Fsp3) is 0.722. The zero-order chi connectivity index (χ0) is 13.6. The molecule has 0 aliphatic heterocycles. The monoisotopic (exact) mass is 271 g/mol. The normalized spacial score (nSPS) is 37.5. The molecule has 20 heavy (non-hydrogen) atoms. The quantitative estimate of drug-likeness (QED) is 0.886. The largest absolute Gasteiger partial charge is 0.389 e. The average molecular weight is 271 g/mol. The van der Waals surface area contributed by atoms with Gasteiger partial charge in [0.05, 0.1) is 5.60 Å². The Balaban J connectivity index is 1.62. The Bertz CT molecular complexity index is 496. The molecule has 0 bridgehead atoms. The summed E-state index contributed by atoms with van der Waals surface area (Å²) in [6.07, 6.45) is 12.7. The lowest BCUT2D eigenvalue weighted by atomic mass is 9.66. The molecule has 3 aliphatic rings. The van der Waals surface area contributed by atoms with E-state index in [1.807, 2.05) is 12.3 Å². The van der Waals surface area contributed by atoms with E-state index in [9.17, 15) is 5.11 Å². The molecule has 2 nitrogen and oxygen atoms in total. The maximum Gasteiger partial charge on any atom is 0.0733 e. The molecular formula is C18H25NO. The summed E-state index contributed by atoms with van der Waals surface area (Å²) in [5.74, 6) is 1.99. The van der Waals surface area contributed by atoms with E-state index >= 15 is 0 Å². The maximum atomic E-state index is 11.3. The second-order valence-electron chi connectivity index (χ2n) is 7.29. The Hall–Kier alpha value is -0.890. The van der Waals surface area contributed by atoms with E-state index < -0.39 is 5.60 Å². The number of hydrogen-bond donors (Lipinski definition) is 1. The third kappa shape index (κ3) is 2.18. The van der Waals surface area contributed by atoms with Crippen LogP contribution in [-0.4, -0.2) is 15.7 Å². The lowest BCUT2D eigenvalue weighted by Crippen LogP contribution is -2.43. The number of nitrogens with zero attached hydrogens (tertiary/aromatic N) is 1. The number of pyridine rings is 1. The van der Waals surface area contributed by atoms with Gasteiger partial charge in [0, 0.05) is 17.8 Å². The first-order valence-corrected chi connectivity index (χ1v) is 8.42. The molecule has 3 aliphatic carbocycles. The summed E-state index contributed by atoms with van der Waals surface area (Å²) in [6.45, 7) is 0. The van der Waals surface area contributed by atoms with E-state index in [0.717, 1.165) is 37.5 Å². The highest BCUT2D eigenvalue weighted by molar-refractivity contribution is 5.29. The van der Waals surface area contributed by atoms with Gasteiger partial charge in [-0.3, -0.25) is 4.98 Å². The molecule has 3 atom stereocenters. The number of aryl methyl sites for hydroxylation is 1. The molecular weight excluding hydrogens is 246 g/mol. The number of fused-ring (bicyclic) bond motifs is 1. The Morgan fingerprint density at radius 3 is 2.85 bits per heavy atom. The van der Waals surface area contributed by atoms with Crippen LogP contribution in [-0.2, 0) is 6.42 Å². The predicted molar refractivity (Wildman–Crippen MR) is 79.5 cm³/mol. The van der Waals surface area contributed by atoms with Crippen LogP contribution < -0.4 is 0 Å². The molecule has 0 aromatic carbocycles. The van der Waals surface area contributed by atoms with Crippen molar-refractivity contribution in [3.05, 3.63) is 29.6 Å². The van der Waals surface area contributed by atoms with E-state index in [4.69, 9.17) is 0 Å². The summed E-state index contributed by atoms with van der Waals surface area (Å²) in [4.78, 5) is 4.65. The summed E-state index contributed by atoms with van der Waals surface area (Å²) >= 11 is 0. The second kappa shape index (κ2) is 4.84. The first-order valence-electron chi connectivity index (χ1n) is 8.42. The van der Waals surface area contributed by atoms with Gasteiger partial charge in [-0.15, -0.1) is 0 Å². The molecule has 0 amide bonds. The third-order valence-electron chi connectivity index (χ3n) is 5.93. The van der Waals surface area contributed by atoms with Crippen molar-refractivity contribution in [1.29, 1.82) is 0 Å². The SMILES string of the molecule is OC1(C2CCCc3cccnc32)CCCC(C2CC2)C1. The van der Waals surface area contributed by atoms with E-state index in [0.29, 0.717) is 0 Å². The smallest absolute Gasteiger partial charge is 0.0733 e. The lowest BCUT2D eigenvalue weighted by Gasteiger charge is -2.44. The number of aromatic nitrogens is 1. The van der Waals surface area contributed by atoms with Crippen LogP contribution in [0.15, 0.2) is 18.3 Å². The molecule has 0 spiro atoms. The molecule has 2 fully saturated rings. The van der Waals surface area contributed by atoms with E-state index in [1.54, 1.807) is 0 Å². The van der Waals surface area contributed by atoms with Crippen molar-refractivity contribution < 1.29 is 5.11 Å². The topological polar surface area (TPSA) is 33.1 Å². The minimum absolute atomic E-state index is 0.286. The Morgan fingerprint density at radius 1 is 1.10 bits per heavy atom. The molecule has 0 saturated heterocycles. The van der Waals surface area contributed by atoms with Crippen LogP contribution in [0.3, 0.4) is 0 Å². The van der Waals surface area contributed by atoms with Crippen molar-refractivity contribution in [2.75, 3.05) is 0 Å². The summed E-state index contributed by atoms with van der Waals surface area (Å²) in [5.41, 5.74) is 2.11. The van der Waals surface area contributed by atoms with Crippen LogP contribution in [0.25, 0.3) is 0 Å². The summed E-state index contributed by atoms with van der Waals surface area (Å²) in [6, 6.07) is 4.25. The van der Waals surface area contributed by atoms with Crippen LogP contribution in [0, 0.1) is 11.8 Å². The van der Waals surface area contributed by atoms with E-state index in [2.05, 4.69) is 11.1 Å². The Morgan fingerprint density at radius 2 is 2.00 bits per heavy atom. The first-order chi connectivity index (χ1) is 9.76. The van der Waals surface area contributed by atoms with Gasteiger partial charge >= 0.3 is 0 Å². The zero-order valence-corrected chi connectivity index (χ0v) is 12.2. The summed E-state index contributed by atoms with van der Waals surface area (Å²) < 4.78 is 0. The second-order valence-corrected chi connectivity index (χ2v) is 7.29. The van der Waals surface area contributed by atoms with Crippen molar-refractivity contribution >= 4 is 0 Å². The Labute approximate surface area is 121 Å². The van der Waals surface area contributed by atoms with Gasteiger partial charge in [0.15, 0.2) is 0 Å². The van der Waals surface area contributed by atoms with Crippen molar-refractivity contribution in [2.24, 2.45) is 11.8 Å². The maximum absolute atomic E-state index is 11.3. The molecule has 4 rings (SSSR count). The molecule has 1 heterocycles. The molecule has 2 saturated carbocycles. The first kappa shape index (κ1) is 12.8. The van der Waals surface area contributed by atoms with E-state index in [-0.39, 0.29) is 5.92 Å². The Kier molecular flexibility index (Phi) is 3.10. The summed E-state index contributed by atoms with van der Waals surface area (Å²) in [5, 5.41) is 11.3. The minimum Gasteiger partial charge on any atom is -0.389 e. The minimum atomic E-state index is -0.477. The highest BCUT2D eigenvalue weighted by atomic mass is 16.3. The van der Waals surface area contributed by atoms with Crippen molar-refractivity contribution in [1.82, 2.24) is 4.98 Å². The van der Waals surface area contributed by atoms with Gasteiger partial charge < -0.3 is 5.11 Å². The van der Waals surface area contributed by atoms with Gasteiger partial charge in [0.2, 0.25) is 0 Å². The molecule has 3 unspecified atom stereocenters. The van der Waals surface area contributed by atoms with Gasteiger partial charge in [0.1, 0.15) is 0 Å². The number of rotatable bonds is 2. The van der Waals surface area contributed by atoms with Gasteiger partial charge in [-0.05, 0) is 74.8 Å². The molecule has 2 heteroatoms. The van der Waals surface area contributed by atoms with Crippen molar-refractivity contribution in [3.8, 4) is 0 Å². The fourth-order valence-corrected chi connectivity index (χ4v) is 4.75. The summed E-state index contributed by atoms with van der Waals surface area (Å²) in [7, 11) is 0. The van der Waals surface area contributed by atoms with Crippen LogP contribution in [0.5, 0.6) is 0 Å².